The van der Waals surface area contributed by atoms with Gasteiger partial charge in [-0.05, 0) is 45.7 Å². The summed E-state index contributed by atoms with van der Waals surface area (Å²) in [6.07, 6.45) is 0. The van der Waals surface area contributed by atoms with Gasteiger partial charge in [0.1, 0.15) is 6.54 Å². The molecule has 4 nitrogen and oxygen atoms in total. The van der Waals surface area contributed by atoms with Gasteiger partial charge in [0, 0.05) is 11.4 Å². The minimum Gasteiger partial charge on any atom is -0.480 e. The average Bonchev–Trinajstić information content (AvgIpc) is 2.18. The SMILES string of the molecule is Cc1c(Br)c(=O)c(Br)c(C)n1CC(=O)O. The molecule has 0 aliphatic carbocycles. The molecular weight excluding hydrogens is 330 g/mol. The van der Waals surface area contributed by atoms with Gasteiger partial charge in [0.15, 0.2) is 0 Å². The van der Waals surface area contributed by atoms with E-state index >= 15 is 0 Å². The topological polar surface area (TPSA) is 59.3 Å². The van der Waals surface area contributed by atoms with Crippen molar-refractivity contribution in [3.05, 3.63) is 30.6 Å². The Bertz CT molecular complexity index is 447. The third-order valence-electron chi connectivity index (χ3n) is 2.14. The number of aromatic nitrogens is 1. The van der Waals surface area contributed by atoms with Crippen LogP contribution in [-0.4, -0.2) is 15.6 Å². The molecule has 0 spiro atoms. The summed E-state index contributed by atoms with van der Waals surface area (Å²) in [6.45, 7) is 3.25. The van der Waals surface area contributed by atoms with Crippen LogP contribution in [0.15, 0.2) is 13.7 Å². The Morgan fingerprint density at radius 1 is 1.27 bits per heavy atom. The highest BCUT2D eigenvalue weighted by atomic mass is 79.9. The van der Waals surface area contributed by atoms with E-state index < -0.39 is 5.97 Å². The van der Waals surface area contributed by atoms with Crippen LogP contribution >= 0.6 is 31.9 Å². The van der Waals surface area contributed by atoms with Crippen molar-refractivity contribution in [3.63, 3.8) is 0 Å². The lowest BCUT2D eigenvalue weighted by Gasteiger charge is -2.14. The fourth-order valence-corrected chi connectivity index (χ4v) is 2.38. The molecule has 0 amide bonds. The highest BCUT2D eigenvalue weighted by Crippen LogP contribution is 2.19. The van der Waals surface area contributed by atoms with Crippen molar-refractivity contribution < 1.29 is 9.90 Å². The highest BCUT2D eigenvalue weighted by Gasteiger charge is 2.14. The molecule has 1 N–H and O–H groups in total. The molecule has 0 radical (unpaired) electrons. The van der Waals surface area contributed by atoms with Crippen LogP contribution in [0.25, 0.3) is 0 Å². The molecule has 15 heavy (non-hydrogen) atoms. The largest absolute Gasteiger partial charge is 0.480 e. The molecule has 0 aromatic carbocycles. The minimum atomic E-state index is -0.941. The zero-order valence-electron chi connectivity index (χ0n) is 8.17. The number of carboxylic acid groups (broad SMARTS) is 1. The maximum absolute atomic E-state index is 11.6. The monoisotopic (exact) mass is 337 g/mol. The molecule has 0 aliphatic rings. The van der Waals surface area contributed by atoms with Crippen molar-refractivity contribution in [2.75, 3.05) is 0 Å². The average molecular weight is 339 g/mol. The van der Waals surface area contributed by atoms with Crippen LogP contribution in [0.3, 0.4) is 0 Å². The molecule has 82 valence electrons. The number of nitrogens with zero attached hydrogens (tertiary/aromatic N) is 1. The second kappa shape index (κ2) is 4.49. The van der Waals surface area contributed by atoms with Gasteiger partial charge in [0.25, 0.3) is 0 Å². The van der Waals surface area contributed by atoms with Crippen molar-refractivity contribution in [2.24, 2.45) is 0 Å². The first-order valence-electron chi connectivity index (χ1n) is 4.13. The molecule has 0 unspecified atom stereocenters. The predicted octanol–water partition coefficient (Wildman–Crippen LogP) is 2.07. The Labute approximate surface area is 103 Å². The van der Waals surface area contributed by atoms with Crippen molar-refractivity contribution in [2.45, 2.75) is 20.4 Å². The van der Waals surface area contributed by atoms with Gasteiger partial charge in [0.2, 0.25) is 5.43 Å². The van der Waals surface area contributed by atoms with Gasteiger partial charge in [0.05, 0.1) is 8.95 Å². The molecule has 0 aliphatic heterocycles. The molecule has 1 heterocycles. The molecule has 0 fully saturated rings. The summed E-state index contributed by atoms with van der Waals surface area (Å²) < 4.78 is 2.35. The zero-order valence-corrected chi connectivity index (χ0v) is 11.3. The first-order chi connectivity index (χ1) is 6.86. The molecule has 1 aromatic rings. The summed E-state index contributed by atoms with van der Waals surface area (Å²) in [5.74, 6) is -0.941. The Balaban J connectivity index is 3.52. The summed E-state index contributed by atoms with van der Waals surface area (Å²) in [5.41, 5.74) is 1.07. The molecule has 0 atom stereocenters. The van der Waals surface area contributed by atoms with Crippen molar-refractivity contribution in [3.8, 4) is 0 Å². The lowest BCUT2D eigenvalue weighted by Crippen LogP contribution is -2.21. The fraction of sp³-hybridized carbons (Fsp3) is 0.333. The lowest BCUT2D eigenvalue weighted by molar-refractivity contribution is -0.137. The van der Waals surface area contributed by atoms with E-state index in [9.17, 15) is 9.59 Å². The Hall–Kier alpha value is -0.620. The van der Waals surface area contributed by atoms with E-state index in [4.69, 9.17) is 5.11 Å². The van der Waals surface area contributed by atoms with E-state index in [1.165, 1.54) is 0 Å². The van der Waals surface area contributed by atoms with E-state index in [0.29, 0.717) is 20.3 Å². The van der Waals surface area contributed by atoms with Crippen LogP contribution in [-0.2, 0) is 11.3 Å². The summed E-state index contributed by atoms with van der Waals surface area (Å²) in [5, 5.41) is 8.74. The first-order valence-corrected chi connectivity index (χ1v) is 5.71. The van der Waals surface area contributed by atoms with Crippen molar-refractivity contribution >= 4 is 37.8 Å². The summed E-state index contributed by atoms with van der Waals surface area (Å²) >= 11 is 6.30. The number of carbonyl (C=O) groups is 1. The van der Waals surface area contributed by atoms with Crippen LogP contribution < -0.4 is 5.43 Å². The third kappa shape index (κ3) is 2.31. The third-order valence-corrected chi connectivity index (χ3v) is 4.01. The zero-order chi connectivity index (χ0) is 11.7. The van der Waals surface area contributed by atoms with Gasteiger partial charge in [-0.15, -0.1) is 0 Å². The number of hydrogen-bond acceptors (Lipinski definition) is 2. The molecule has 0 saturated carbocycles. The Morgan fingerprint density at radius 3 is 2.00 bits per heavy atom. The van der Waals surface area contributed by atoms with E-state index in [0.717, 1.165) is 0 Å². The van der Waals surface area contributed by atoms with E-state index in [2.05, 4.69) is 31.9 Å². The van der Waals surface area contributed by atoms with Crippen LogP contribution in [0.5, 0.6) is 0 Å². The highest BCUT2D eigenvalue weighted by molar-refractivity contribution is 9.11. The Morgan fingerprint density at radius 2 is 1.67 bits per heavy atom. The molecular formula is C9H9Br2NO3. The van der Waals surface area contributed by atoms with Crippen LogP contribution in [0.2, 0.25) is 0 Å². The van der Waals surface area contributed by atoms with Crippen molar-refractivity contribution in [1.29, 1.82) is 0 Å². The van der Waals surface area contributed by atoms with Crippen LogP contribution in [0.4, 0.5) is 0 Å². The molecule has 0 saturated heterocycles. The first kappa shape index (κ1) is 12.4. The molecule has 1 aromatic heterocycles. The van der Waals surface area contributed by atoms with E-state index in [1.54, 1.807) is 18.4 Å². The number of hydrogen-bond donors (Lipinski definition) is 1. The molecule has 0 bridgehead atoms. The number of aliphatic carboxylic acids is 1. The number of halogens is 2. The van der Waals surface area contributed by atoms with Crippen LogP contribution in [0, 0.1) is 13.8 Å². The number of carboxylic acids is 1. The van der Waals surface area contributed by atoms with Gasteiger partial charge in [-0.1, -0.05) is 0 Å². The maximum Gasteiger partial charge on any atom is 0.323 e. The van der Waals surface area contributed by atoms with Gasteiger partial charge in [-0.2, -0.15) is 0 Å². The second-order valence-corrected chi connectivity index (χ2v) is 4.69. The minimum absolute atomic E-state index is 0.158. The second-order valence-electron chi connectivity index (χ2n) is 3.11. The quantitative estimate of drug-likeness (QED) is 0.898. The van der Waals surface area contributed by atoms with Gasteiger partial charge < -0.3 is 9.67 Å². The summed E-state index contributed by atoms with van der Waals surface area (Å²) in [7, 11) is 0. The van der Waals surface area contributed by atoms with Gasteiger partial charge in [-0.3, -0.25) is 9.59 Å². The summed E-state index contributed by atoms with van der Waals surface area (Å²) in [6, 6.07) is 0. The standard InChI is InChI=1S/C9H9Br2NO3/c1-4-7(10)9(15)8(11)5(2)12(4)3-6(13)14/h3H2,1-2H3,(H,13,14). The number of pyridine rings is 1. The summed E-state index contributed by atoms with van der Waals surface area (Å²) in [4.78, 5) is 22.2. The normalized spacial score (nSPS) is 10.4. The Kier molecular flexibility index (Phi) is 3.72. The maximum atomic E-state index is 11.6. The van der Waals surface area contributed by atoms with E-state index in [1.807, 2.05) is 0 Å². The lowest BCUT2D eigenvalue weighted by atomic mass is 10.3. The van der Waals surface area contributed by atoms with Crippen LogP contribution in [0.1, 0.15) is 11.4 Å². The smallest absolute Gasteiger partial charge is 0.323 e. The predicted molar refractivity (Wildman–Crippen MR) is 63.2 cm³/mol. The van der Waals surface area contributed by atoms with Crippen molar-refractivity contribution in [1.82, 2.24) is 4.57 Å². The number of rotatable bonds is 2. The fourth-order valence-electron chi connectivity index (χ4n) is 1.29. The molecule has 1 rings (SSSR count). The van der Waals surface area contributed by atoms with Gasteiger partial charge >= 0.3 is 5.97 Å². The molecule has 6 heteroatoms. The van der Waals surface area contributed by atoms with E-state index in [-0.39, 0.29) is 12.0 Å². The van der Waals surface area contributed by atoms with Gasteiger partial charge in [-0.25, -0.2) is 0 Å².